The third kappa shape index (κ3) is 6.92. The van der Waals surface area contributed by atoms with Crippen molar-refractivity contribution in [3.8, 4) is 40.1 Å². The number of nitrogens with zero attached hydrogens (tertiary/aromatic N) is 4. The molecule has 4 aromatic rings. The van der Waals surface area contributed by atoms with Crippen LogP contribution in [0.4, 0.5) is 0 Å². The van der Waals surface area contributed by atoms with Crippen LogP contribution in [-0.4, -0.2) is 60.6 Å². The topological polar surface area (TPSA) is 109 Å². The lowest BCUT2D eigenvalue weighted by molar-refractivity contribution is -0.118. The number of ether oxygens (including phenoxy) is 4. The molecule has 0 spiro atoms. The third-order valence-corrected chi connectivity index (χ3v) is 6.59. The first-order valence-electron chi connectivity index (χ1n) is 12.6. The van der Waals surface area contributed by atoms with Gasteiger partial charge >= 0.3 is 0 Å². The molecule has 11 heteroatoms. The van der Waals surface area contributed by atoms with E-state index in [0.717, 1.165) is 23.4 Å². The zero-order chi connectivity index (χ0) is 28.3. The van der Waals surface area contributed by atoms with Crippen LogP contribution in [-0.2, 0) is 4.79 Å². The number of thioether (sulfide) groups is 1. The fraction of sp³-hybridized carbons (Fsp3) is 0.241. The van der Waals surface area contributed by atoms with Gasteiger partial charge in [-0.2, -0.15) is 5.10 Å². The fourth-order valence-electron chi connectivity index (χ4n) is 3.78. The summed E-state index contributed by atoms with van der Waals surface area (Å²) in [5.41, 5.74) is 4.95. The Hall–Kier alpha value is -4.51. The number of rotatable bonds is 13. The van der Waals surface area contributed by atoms with E-state index >= 15 is 0 Å². The Kier molecular flexibility index (Phi) is 10.0. The maximum Gasteiger partial charge on any atom is 0.250 e. The van der Waals surface area contributed by atoms with Crippen LogP contribution in [0, 0.1) is 0 Å². The molecule has 0 fully saturated rings. The first kappa shape index (κ1) is 28.5. The molecule has 10 nitrogen and oxygen atoms in total. The fourth-order valence-corrected chi connectivity index (χ4v) is 4.53. The van der Waals surface area contributed by atoms with E-state index in [0.29, 0.717) is 40.4 Å². The molecule has 1 heterocycles. The highest BCUT2D eigenvalue weighted by Gasteiger charge is 2.21. The maximum absolute atomic E-state index is 12.6. The summed E-state index contributed by atoms with van der Waals surface area (Å²) >= 11 is 1.25. The molecule has 0 saturated carbocycles. The molecule has 40 heavy (non-hydrogen) atoms. The lowest BCUT2D eigenvalue weighted by Gasteiger charge is -2.15. The lowest BCUT2D eigenvalue weighted by atomic mass is 10.1. The van der Waals surface area contributed by atoms with Gasteiger partial charge in [0.1, 0.15) is 5.75 Å². The van der Waals surface area contributed by atoms with Crippen molar-refractivity contribution in [3.05, 3.63) is 72.3 Å². The van der Waals surface area contributed by atoms with Crippen LogP contribution in [0.5, 0.6) is 23.0 Å². The molecule has 1 amide bonds. The predicted octanol–water partition coefficient (Wildman–Crippen LogP) is 4.99. The van der Waals surface area contributed by atoms with E-state index in [9.17, 15) is 4.79 Å². The summed E-state index contributed by atoms with van der Waals surface area (Å²) in [6.45, 7) is 2.73. The van der Waals surface area contributed by atoms with Gasteiger partial charge in [-0.3, -0.25) is 9.36 Å². The number of hydrogen-bond acceptors (Lipinski definition) is 9. The number of hydrazone groups is 1. The van der Waals surface area contributed by atoms with Crippen molar-refractivity contribution in [2.24, 2.45) is 5.10 Å². The van der Waals surface area contributed by atoms with E-state index < -0.39 is 0 Å². The number of carbonyl (C=O) groups excluding carboxylic acids is 1. The van der Waals surface area contributed by atoms with Gasteiger partial charge in [-0.25, -0.2) is 5.43 Å². The molecule has 0 bridgehead atoms. The molecule has 3 aromatic carbocycles. The van der Waals surface area contributed by atoms with Crippen molar-refractivity contribution in [1.82, 2.24) is 20.2 Å². The van der Waals surface area contributed by atoms with Gasteiger partial charge in [-0.05, 0) is 60.5 Å². The Labute approximate surface area is 237 Å². The molecule has 1 aromatic heterocycles. The van der Waals surface area contributed by atoms with E-state index in [4.69, 9.17) is 18.9 Å². The first-order valence-corrected chi connectivity index (χ1v) is 13.5. The van der Waals surface area contributed by atoms with Crippen molar-refractivity contribution in [2.75, 3.05) is 33.7 Å². The van der Waals surface area contributed by atoms with Crippen LogP contribution < -0.4 is 24.4 Å². The number of nitrogens with one attached hydrogen (secondary N) is 1. The lowest BCUT2D eigenvalue weighted by Crippen LogP contribution is -2.20. The van der Waals surface area contributed by atoms with Gasteiger partial charge in [-0.1, -0.05) is 36.9 Å². The van der Waals surface area contributed by atoms with Crippen LogP contribution in [0.15, 0.2) is 77.0 Å². The van der Waals surface area contributed by atoms with Gasteiger partial charge in [0.2, 0.25) is 5.75 Å². The standard InChI is InChI=1S/C29H31N5O5S/c1-5-15-39-23-13-11-20(12-14-23)18-30-31-26(35)19-40-29-33-32-28(34(29)22-9-7-6-8-10-22)21-16-24(36-2)27(38-4)25(17-21)37-3/h6-14,16-18H,5,15,19H2,1-4H3,(H,31,35)/b30-18+. The van der Waals surface area contributed by atoms with Crippen molar-refractivity contribution in [2.45, 2.75) is 18.5 Å². The van der Waals surface area contributed by atoms with Crippen LogP contribution in [0.3, 0.4) is 0 Å². The normalized spacial score (nSPS) is 10.9. The number of amides is 1. The SMILES string of the molecule is CCCOc1ccc(/C=N/NC(=O)CSc2nnc(-c3cc(OC)c(OC)c(OC)c3)n2-c2ccccc2)cc1. The third-order valence-electron chi connectivity index (χ3n) is 5.66. The second-order valence-corrected chi connectivity index (χ2v) is 9.33. The Balaban J connectivity index is 1.51. The van der Waals surface area contributed by atoms with E-state index in [-0.39, 0.29) is 11.7 Å². The molecule has 1 N–H and O–H groups in total. The molecule has 0 aliphatic carbocycles. The largest absolute Gasteiger partial charge is 0.494 e. The van der Waals surface area contributed by atoms with Crippen LogP contribution in [0.1, 0.15) is 18.9 Å². The molecular weight excluding hydrogens is 530 g/mol. The van der Waals surface area contributed by atoms with Crippen molar-refractivity contribution in [3.63, 3.8) is 0 Å². The highest BCUT2D eigenvalue weighted by molar-refractivity contribution is 7.99. The van der Waals surface area contributed by atoms with Crippen molar-refractivity contribution < 1.29 is 23.7 Å². The van der Waals surface area contributed by atoms with Crippen LogP contribution >= 0.6 is 11.8 Å². The van der Waals surface area contributed by atoms with Crippen molar-refractivity contribution >= 4 is 23.9 Å². The van der Waals surface area contributed by atoms with E-state index in [1.54, 1.807) is 27.5 Å². The Morgan fingerprint density at radius 2 is 1.68 bits per heavy atom. The van der Waals surface area contributed by atoms with Gasteiger partial charge in [0.05, 0.1) is 39.9 Å². The molecule has 208 valence electrons. The summed E-state index contributed by atoms with van der Waals surface area (Å²) in [4.78, 5) is 12.6. The number of aromatic nitrogens is 3. The van der Waals surface area contributed by atoms with Gasteiger partial charge in [0, 0.05) is 11.3 Å². The summed E-state index contributed by atoms with van der Waals surface area (Å²) < 4.78 is 24.0. The minimum atomic E-state index is -0.277. The zero-order valence-electron chi connectivity index (χ0n) is 22.8. The smallest absolute Gasteiger partial charge is 0.250 e. The summed E-state index contributed by atoms with van der Waals surface area (Å²) in [6, 6.07) is 20.8. The molecular formula is C29H31N5O5S. The summed E-state index contributed by atoms with van der Waals surface area (Å²) in [7, 11) is 4.67. The number of benzene rings is 3. The first-order chi connectivity index (χ1) is 19.6. The predicted molar refractivity (Wildman–Crippen MR) is 155 cm³/mol. The number of para-hydroxylation sites is 1. The van der Waals surface area contributed by atoms with E-state index in [2.05, 4.69) is 27.6 Å². The maximum atomic E-state index is 12.6. The quantitative estimate of drug-likeness (QED) is 0.138. The van der Waals surface area contributed by atoms with Crippen molar-refractivity contribution in [1.29, 1.82) is 0 Å². The minimum absolute atomic E-state index is 0.0847. The molecule has 0 aliphatic heterocycles. The average molecular weight is 562 g/mol. The highest BCUT2D eigenvalue weighted by Crippen LogP contribution is 2.41. The number of methoxy groups -OCH3 is 3. The van der Waals surface area contributed by atoms with Gasteiger partial charge < -0.3 is 18.9 Å². The minimum Gasteiger partial charge on any atom is -0.494 e. The van der Waals surface area contributed by atoms with E-state index in [1.165, 1.54) is 11.8 Å². The van der Waals surface area contributed by atoms with Gasteiger partial charge in [0.25, 0.3) is 5.91 Å². The highest BCUT2D eigenvalue weighted by atomic mass is 32.2. The van der Waals surface area contributed by atoms with Gasteiger partial charge in [-0.15, -0.1) is 10.2 Å². The monoisotopic (exact) mass is 561 g/mol. The van der Waals surface area contributed by atoms with Gasteiger partial charge in [0.15, 0.2) is 22.5 Å². The molecule has 0 radical (unpaired) electrons. The zero-order valence-corrected chi connectivity index (χ0v) is 23.6. The number of carbonyl (C=O) groups is 1. The summed E-state index contributed by atoms with van der Waals surface area (Å²) in [6.07, 6.45) is 2.53. The van der Waals surface area contributed by atoms with Crippen LogP contribution in [0.25, 0.3) is 17.1 Å². The molecule has 0 aliphatic rings. The second kappa shape index (κ2) is 14.0. The molecule has 4 rings (SSSR count). The molecule has 0 atom stereocenters. The average Bonchev–Trinajstić information content (AvgIpc) is 3.43. The number of hydrogen-bond donors (Lipinski definition) is 1. The van der Waals surface area contributed by atoms with E-state index in [1.807, 2.05) is 71.3 Å². The molecule has 0 saturated heterocycles. The Morgan fingerprint density at radius 1 is 0.975 bits per heavy atom. The second-order valence-electron chi connectivity index (χ2n) is 8.39. The van der Waals surface area contributed by atoms with Crippen LogP contribution in [0.2, 0.25) is 0 Å². The Bertz CT molecular complexity index is 1420. The Morgan fingerprint density at radius 3 is 2.30 bits per heavy atom. The molecule has 0 unspecified atom stereocenters. The summed E-state index contributed by atoms with van der Waals surface area (Å²) in [5.74, 6) is 2.63. The summed E-state index contributed by atoms with van der Waals surface area (Å²) in [5, 5.41) is 13.4.